The van der Waals surface area contributed by atoms with Crippen LogP contribution in [0.2, 0.25) is 0 Å². The lowest BCUT2D eigenvalue weighted by Crippen LogP contribution is -2.38. The highest BCUT2D eigenvalue weighted by molar-refractivity contribution is 5.75. The van der Waals surface area contributed by atoms with Crippen molar-refractivity contribution in [3.63, 3.8) is 0 Å². The Balaban J connectivity index is 2.21. The summed E-state index contributed by atoms with van der Waals surface area (Å²) in [6.45, 7) is 1.06. The Morgan fingerprint density at radius 3 is 2.65 bits per heavy atom. The average molecular weight is 235 g/mol. The van der Waals surface area contributed by atoms with Gasteiger partial charge in [0.1, 0.15) is 0 Å². The van der Waals surface area contributed by atoms with Crippen molar-refractivity contribution in [2.75, 3.05) is 13.1 Å². The van der Waals surface area contributed by atoms with Gasteiger partial charge in [-0.3, -0.25) is 4.79 Å². The predicted octanol–water partition coefficient (Wildman–Crippen LogP) is 0.412. The molecule has 4 heteroatoms. The fourth-order valence-electron chi connectivity index (χ4n) is 1.58. The smallest absolute Gasteiger partial charge is 0.220 e. The summed E-state index contributed by atoms with van der Waals surface area (Å²) in [6, 6.07) is 9.98. The van der Waals surface area contributed by atoms with Gasteiger partial charge in [0.15, 0.2) is 0 Å². The van der Waals surface area contributed by atoms with E-state index in [2.05, 4.69) is 5.32 Å². The molecule has 0 bridgehead atoms. The van der Waals surface area contributed by atoms with Crippen molar-refractivity contribution >= 4 is 5.91 Å². The molecule has 17 heavy (non-hydrogen) atoms. The molecule has 0 unspecified atom stereocenters. The minimum Gasteiger partial charge on any atom is -0.355 e. The molecule has 4 nitrogen and oxygen atoms in total. The number of amides is 1. The molecule has 0 aromatic heterocycles. The molecule has 0 aliphatic rings. The number of carbonyl (C=O) groups excluding carboxylic acids is 1. The summed E-state index contributed by atoms with van der Waals surface area (Å²) < 4.78 is 0. The quantitative estimate of drug-likeness (QED) is 0.640. The first-order valence-corrected chi connectivity index (χ1v) is 5.98. The maximum Gasteiger partial charge on any atom is 0.220 e. The minimum absolute atomic E-state index is 0.0268. The highest BCUT2D eigenvalue weighted by Gasteiger charge is 2.06. The second kappa shape index (κ2) is 7.81. The third-order valence-corrected chi connectivity index (χ3v) is 2.51. The molecule has 1 aromatic carbocycles. The molecule has 0 saturated heterocycles. The highest BCUT2D eigenvalue weighted by atomic mass is 16.1. The van der Waals surface area contributed by atoms with Gasteiger partial charge in [-0.15, -0.1) is 0 Å². The first kappa shape index (κ1) is 13.7. The van der Waals surface area contributed by atoms with E-state index in [-0.39, 0.29) is 11.9 Å². The summed E-state index contributed by atoms with van der Waals surface area (Å²) in [5.41, 5.74) is 12.5. The van der Waals surface area contributed by atoms with Crippen molar-refractivity contribution in [3.05, 3.63) is 35.9 Å². The molecule has 5 N–H and O–H groups in total. The zero-order valence-corrected chi connectivity index (χ0v) is 10.1. The van der Waals surface area contributed by atoms with Gasteiger partial charge in [0.05, 0.1) is 0 Å². The van der Waals surface area contributed by atoms with E-state index < -0.39 is 0 Å². The van der Waals surface area contributed by atoms with Gasteiger partial charge < -0.3 is 16.8 Å². The van der Waals surface area contributed by atoms with Crippen LogP contribution in [0.15, 0.2) is 30.3 Å². The van der Waals surface area contributed by atoms with Crippen LogP contribution in [0.3, 0.4) is 0 Å². The summed E-state index contributed by atoms with van der Waals surface area (Å²) >= 11 is 0. The number of carbonyl (C=O) groups is 1. The summed E-state index contributed by atoms with van der Waals surface area (Å²) in [5.74, 6) is 0.0268. The van der Waals surface area contributed by atoms with Crippen molar-refractivity contribution in [1.82, 2.24) is 5.32 Å². The maximum absolute atomic E-state index is 11.3. The molecular weight excluding hydrogens is 214 g/mol. The fraction of sp³-hybridized carbons (Fsp3) is 0.462. The Labute approximate surface area is 102 Å². The van der Waals surface area contributed by atoms with Crippen LogP contribution in [0.4, 0.5) is 0 Å². The van der Waals surface area contributed by atoms with E-state index in [4.69, 9.17) is 11.5 Å². The molecule has 0 heterocycles. The van der Waals surface area contributed by atoms with Crippen LogP contribution in [0.25, 0.3) is 0 Å². The molecule has 0 aliphatic carbocycles. The van der Waals surface area contributed by atoms with Crippen molar-refractivity contribution in [3.8, 4) is 0 Å². The van der Waals surface area contributed by atoms with Gasteiger partial charge in [-0.1, -0.05) is 30.3 Å². The van der Waals surface area contributed by atoms with E-state index in [0.29, 0.717) is 19.5 Å². The normalized spacial score (nSPS) is 12.1. The topological polar surface area (TPSA) is 81.1 Å². The molecular formula is C13H21N3O. The number of nitrogens with two attached hydrogens (primary N) is 2. The number of hydrogen-bond acceptors (Lipinski definition) is 3. The molecule has 0 fully saturated rings. The van der Waals surface area contributed by atoms with E-state index in [1.807, 2.05) is 30.3 Å². The molecule has 0 spiro atoms. The van der Waals surface area contributed by atoms with Crippen molar-refractivity contribution in [1.29, 1.82) is 0 Å². The maximum atomic E-state index is 11.3. The zero-order valence-electron chi connectivity index (χ0n) is 10.1. The molecule has 1 atom stereocenters. The lowest BCUT2D eigenvalue weighted by atomic mass is 10.1. The highest BCUT2D eigenvalue weighted by Crippen LogP contribution is 2.01. The SMILES string of the molecule is NCCCC(=O)NC[C@H](N)Cc1ccccc1. The average Bonchev–Trinajstić information content (AvgIpc) is 2.35. The van der Waals surface area contributed by atoms with Crippen LogP contribution in [-0.2, 0) is 11.2 Å². The molecule has 1 amide bonds. The third-order valence-electron chi connectivity index (χ3n) is 2.51. The van der Waals surface area contributed by atoms with Crippen LogP contribution in [0.5, 0.6) is 0 Å². The Morgan fingerprint density at radius 2 is 2.00 bits per heavy atom. The van der Waals surface area contributed by atoms with Crippen LogP contribution in [-0.4, -0.2) is 25.0 Å². The van der Waals surface area contributed by atoms with E-state index in [1.165, 1.54) is 5.56 Å². The largest absolute Gasteiger partial charge is 0.355 e. The number of nitrogens with one attached hydrogen (secondary N) is 1. The molecule has 0 saturated carbocycles. The predicted molar refractivity (Wildman–Crippen MR) is 69.4 cm³/mol. The molecule has 1 rings (SSSR count). The van der Waals surface area contributed by atoms with Crippen LogP contribution < -0.4 is 16.8 Å². The fourth-order valence-corrected chi connectivity index (χ4v) is 1.58. The molecule has 0 radical (unpaired) electrons. The monoisotopic (exact) mass is 235 g/mol. The summed E-state index contributed by atoms with van der Waals surface area (Å²) in [7, 11) is 0. The van der Waals surface area contributed by atoms with Gasteiger partial charge in [-0.2, -0.15) is 0 Å². The van der Waals surface area contributed by atoms with Gasteiger partial charge in [-0.05, 0) is 24.9 Å². The summed E-state index contributed by atoms with van der Waals surface area (Å²) in [4.78, 5) is 11.3. The Hall–Kier alpha value is -1.39. The molecule has 1 aromatic rings. The van der Waals surface area contributed by atoms with Crippen molar-refractivity contribution in [2.24, 2.45) is 11.5 Å². The Bertz CT molecular complexity index is 327. The van der Waals surface area contributed by atoms with Gasteiger partial charge in [0.25, 0.3) is 0 Å². The standard InChI is InChI=1S/C13H21N3O/c14-8-4-7-13(17)16-10-12(15)9-11-5-2-1-3-6-11/h1-3,5-6,12H,4,7-10,14-15H2,(H,16,17)/t12-/m1/s1. The zero-order chi connectivity index (χ0) is 12.5. The molecule has 94 valence electrons. The van der Waals surface area contributed by atoms with Gasteiger partial charge >= 0.3 is 0 Å². The lowest BCUT2D eigenvalue weighted by Gasteiger charge is -2.12. The van der Waals surface area contributed by atoms with Gasteiger partial charge in [0.2, 0.25) is 5.91 Å². The van der Waals surface area contributed by atoms with Crippen molar-refractivity contribution in [2.45, 2.75) is 25.3 Å². The van der Waals surface area contributed by atoms with Crippen LogP contribution in [0.1, 0.15) is 18.4 Å². The van der Waals surface area contributed by atoms with E-state index in [0.717, 1.165) is 12.8 Å². The second-order valence-corrected chi connectivity index (χ2v) is 4.15. The summed E-state index contributed by atoms with van der Waals surface area (Å²) in [5, 5.41) is 2.82. The lowest BCUT2D eigenvalue weighted by molar-refractivity contribution is -0.121. The first-order valence-electron chi connectivity index (χ1n) is 5.98. The Kier molecular flexibility index (Phi) is 6.29. The van der Waals surface area contributed by atoms with Gasteiger partial charge in [0, 0.05) is 19.0 Å². The van der Waals surface area contributed by atoms with E-state index in [9.17, 15) is 4.79 Å². The Morgan fingerprint density at radius 1 is 1.29 bits per heavy atom. The second-order valence-electron chi connectivity index (χ2n) is 4.15. The third kappa shape index (κ3) is 6.04. The van der Waals surface area contributed by atoms with Gasteiger partial charge in [-0.25, -0.2) is 0 Å². The summed E-state index contributed by atoms with van der Waals surface area (Å²) in [6.07, 6.45) is 1.98. The van der Waals surface area contributed by atoms with Crippen LogP contribution >= 0.6 is 0 Å². The van der Waals surface area contributed by atoms with E-state index >= 15 is 0 Å². The van der Waals surface area contributed by atoms with Crippen LogP contribution in [0, 0.1) is 0 Å². The minimum atomic E-state index is -0.0424. The number of rotatable bonds is 7. The van der Waals surface area contributed by atoms with E-state index in [1.54, 1.807) is 0 Å². The molecule has 0 aliphatic heterocycles. The number of hydrogen-bond donors (Lipinski definition) is 3. The van der Waals surface area contributed by atoms with Crippen molar-refractivity contribution < 1.29 is 4.79 Å². The first-order chi connectivity index (χ1) is 8.22. The number of benzene rings is 1.